The molecular weight excluding hydrogens is 325 g/mol. The first-order valence-corrected chi connectivity index (χ1v) is 9.41. The molecule has 3 fully saturated rings. The Kier molecular flexibility index (Phi) is 3.31. The van der Waals surface area contributed by atoms with Crippen molar-refractivity contribution >= 4 is 10.9 Å². The number of aromatic nitrogens is 1. The molecule has 25 heavy (non-hydrogen) atoms. The molecule has 3 aliphatic heterocycles. The molecule has 2 unspecified atom stereocenters. The second kappa shape index (κ2) is 5.26. The highest BCUT2D eigenvalue weighted by Crippen LogP contribution is 2.51. The molecular formula is C20H23F3N2. The first-order valence-electron chi connectivity index (χ1n) is 9.41. The number of hydrogen-bond acceptors (Lipinski definition) is 1. The Balaban J connectivity index is 1.65. The smallest absolute Gasteiger partial charge is 0.358 e. The molecule has 5 heteroatoms. The highest BCUT2D eigenvalue weighted by Gasteiger charge is 2.48. The van der Waals surface area contributed by atoms with Crippen molar-refractivity contribution in [2.45, 2.75) is 50.7 Å². The molecule has 4 heterocycles. The Labute approximate surface area is 145 Å². The average Bonchev–Trinajstić information content (AvgIpc) is 2.91. The van der Waals surface area contributed by atoms with E-state index in [9.17, 15) is 13.2 Å². The van der Waals surface area contributed by atoms with Gasteiger partial charge in [-0.3, -0.25) is 4.90 Å². The fraction of sp³-hybridized carbons (Fsp3) is 0.600. The van der Waals surface area contributed by atoms with Crippen molar-refractivity contribution < 1.29 is 13.2 Å². The van der Waals surface area contributed by atoms with E-state index in [0.29, 0.717) is 12.0 Å². The van der Waals surface area contributed by atoms with Gasteiger partial charge >= 0.3 is 6.18 Å². The molecule has 5 atom stereocenters. The minimum atomic E-state index is -4.28. The monoisotopic (exact) mass is 348 g/mol. The van der Waals surface area contributed by atoms with Gasteiger partial charge in [0.2, 0.25) is 0 Å². The summed E-state index contributed by atoms with van der Waals surface area (Å²) in [4.78, 5) is 6.15. The number of rotatable bonds is 1. The topological polar surface area (TPSA) is 19.0 Å². The van der Waals surface area contributed by atoms with Gasteiger partial charge in [-0.25, -0.2) is 0 Å². The highest BCUT2D eigenvalue weighted by atomic mass is 19.4. The summed E-state index contributed by atoms with van der Waals surface area (Å²) in [6.07, 6.45) is 0.273. The maximum absolute atomic E-state index is 13.2. The first kappa shape index (κ1) is 15.7. The highest BCUT2D eigenvalue weighted by molar-refractivity contribution is 5.86. The molecule has 1 aromatic carbocycles. The van der Waals surface area contributed by atoms with E-state index in [0.717, 1.165) is 41.3 Å². The third-order valence-electron chi connectivity index (χ3n) is 6.84. The third kappa shape index (κ3) is 2.28. The number of alkyl halides is 3. The fourth-order valence-corrected chi connectivity index (χ4v) is 5.87. The van der Waals surface area contributed by atoms with Gasteiger partial charge in [0.05, 0.1) is 5.56 Å². The number of aromatic amines is 1. The lowest BCUT2D eigenvalue weighted by atomic mass is 9.65. The van der Waals surface area contributed by atoms with Gasteiger partial charge in [0.15, 0.2) is 0 Å². The Morgan fingerprint density at radius 1 is 1.24 bits per heavy atom. The van der Waals surface area contributed by atoms with Crippen molar-refractivity contribution in [3.8, 4) is 0 Å². The van der Waals surface area contributed by atoms with E-state index in [1.807, 2.05) is 0 Å². The van der Waals surface area contributed by atoms with Gasteiger partial charge in [-0.05, 0) is 54.9 Å². The van der Waals surface area contributed by atoms with Crippen LogP contribution in [0.2, 0.25) is 0 Å². The normalized spacial score (nSPS) is 34.2. The minimum absolute atomic E-state index is 0.455. The zero-order valence-corrected chi connectivity index (χ0v) is 14.4. The largest absolute Gasteiger partial charge is 0.416 e. The molecule has 0 spiro atoms. The summed E-state index contributed by atoms with van der Waals surface area (Å²) in [5, 5.41) is 0.780. The maximum atomic E-state index is 13.2. The molecule has 2 nitrogen and oxygen atoms in total. The molecule has 1 saturated carbocycles. The molecule has 1 N–H and O–H groups in total. The quantitative estimate of drug-likeness (QED) is 0.773. The van der Waals surface area contributed by atoms with Gasteiger partial charge in [0.25, 0.3) is 0 Å². The first-order chi connectivity index (χ1) is 12.0. The lowest BCUT2D eigenvalue weighted by Gasteiger charge is -2.53. The SMILES string of the molecule is CC[C@H]1C[C@H]2C[C@H]3c4[nH]c5ccc(C(F)(F)F)cc5c4CCN(C2)C13. The summed E-state index contributed by atoms with van der Waals surface area (Å²) < 4.78 is 39.5. The van der Waals surface area contributed by atoms with E-state index in [2.05, 4.69) is 16.8 Å². The van der Waals surface area contributed by atoms with E-state index in [-0.39, 0.29) is 0 Å². The molecule has 2 aromatic rings. The van der Waals surface area contributed by atoms with Gasteiger partial charge in [-0.1, -0.05) is 13.3 Å². The summed E-state index contributed by atoms with van der Waals surface area (Å²) in [6.45, 7) is 4.43. The number of halogens is 3. The summed E-state index contributed by atoms with van der Waals surface area (Å²) in [5.74, 6) is 1.92. The number of nitrogens with zero attached hydrogens (tertiary/aromatic N) is 1. The van der Waals surface area contributed by atoms with E-state index in [1.54, 1.807) is 6.07 Å². The average molecular weight is 348 g/mol. The van der Waals surface area contributed by atoms with Crippen LogP contribution in [0.5, 0.6) is 0 Å². The van der Waals surface area contributed by atoms with Gasteiger partial charge in [0, 0.05) is 41.6 Å². The van der Waals surface area contributed by atoms with Crippen LogP contribution < -0.4 is 0 Å². The van der Waals surface area contributed by atoms with E-state index < -0.39 is 11.7 Å². The van der Waals surface area contributed by atoms with Crippen LogP contribution in [0, 0.1) is 11.8 Å². The summed E-state index contributed by atoms with van der Waals surface area (Å²) in [6, 6.07) is 4.73. The predicted molar refractivity (Wildman–Crippen MR) is 91.6 cm³/mol. The van der Waals surface area contributed by atoms with Crippen molar-refractivity contribution in [3.05, 3.63) is 35.0 Å². The predicted octanol–water partition coefficient (Wildman–Crippen LogP) is 4.95. The third-order valence-corrected chi connectivity index (χ3v) is 6.84. The molecule has 1 aromatic heterocycles. The van der Waals surface area contributed by atoms with Gasteiger partial charge in [-0.2, -0.15) is 13.2 Å². The van der Waals surface area contributed by atoms with Crippen LogP contribution in [0.15, 0.2) is 18.2 Å². The van der Waals surface area contributed by atoms with Crippen LogP contribution in [-0.4, -0.2) is 29.0 Å². The van der Waals surface area contributed by atoms with Crippen molar-refractivity contribution in [3.63, 3.8) is 0 Å². The molecule has 0 radical (unpaired) electrons. The minimum Gasteiger partial charge on any atom is -0.358 e. The standard InChI is InChI=1S/C20H23F3N2/c1-2-12-7-11-8-16-18-14(5-6-25(10-11)19(12)16)15-9-13(20(21,22)23)3-4-17(15)24-18/h3-4,9,11-12,16,19,24H,2,5-8,10H2,1H3/t11-,12-,16-,19?/m0/s1. The number of piperidine rings is 2. The number of benzene rings is 1. The van der Waals surface area contributed by atoms with Crippen LogP contribution in [-0.2, 0) is 12.6 Å². The van der Waals surface area contributed by atoms with Gasteiger partial charge in [-0.15, -0.1) is 0 Å². The van der Waals surface area contributed by atoms with E-state index in [4.69, 9.17) is 0 Å². The molecule has 0 amide bonds. The Hall–Kier alpha value is -1.49. The van der Waals surface area contributed by atoms with Crippen LogP contribution in [0.4, 0.5) is 13.2 Å². The number of hydrogen-bond donors (Lipinski definition) is 1. The summed E-state index contributed by atoms with van der Waals surface area (Å²) >= 11 is 0. The Bertz CT molecular complexity index is 822. The lowest BCUT2D eigenvalue weighted by Crippen LogP contribution is -2.56. The second-order valence-corrected chi connectivity index (χ2v) is 8.12. The fourth-order valence-electron chi connectivity index (χ4n) is 5.87. The van der Waals surface area contributed by atoms with Crippen molar-refractivity contribution in [2.75, 3.05) is 13.1 Å². The van der Waals surface area contributed by atoms with E-state index in [1.165, 1.54) is 43.6 Å². The number of fused-ring (bicyclic) bond motifs is 4. The van der Waals surface area contributed by atoms with Crippen LogP contribution in [0.25, 0.3) is 10.9 Å². The van der Waals surface area contributed by atoms with Crippen LogP contribution in [0.3, 0.4) is 0 Å². The van der Waals surface area contributed by atoms with Crippen molar-refractivity contribution in [2.24, 2.45) is 11.8 Å². The Morgan fingerprint density at radius 3 is 2.84 bits per heavy atom. The maximum Gasteiger partial charge on any atom is 0.416 e. The van der Waals surface area contributed by atoms with Gasteiger partial charge < -0.3 is 4.98 Å². The molecule has 6 rings (SSSR count). The lowest BCUT2D eigenvalue weighted by molar-refractivity contribution is -0.137. The van der Waals surface area contributed by atoms with Crippen molar-refractivity contribution in [1.29, 1.82) is 0 Å². The molecule has 4 bridgehead atoms. The molecule has 2 saturated heterocycles. The molecule has 4 aliphatic rings. The second-order valence-electron chi connectivity index (χ2n) is 8.12. The number of H-pyrrole nitrogens is 1. The van der Waals surface area contributed by atoms with Gasteiger partial charge in [0.1, 0.15) is 0 Å². The number of nitrogens with one attached hydrogen (secondary N) is 1. The Morgan fingerprint density at radius 2 is 2.08 bits per heavy atom. The van der Waals surface area contributed by atoms with Crippen LogP contribution >= 0.6 is 0 Å². The zero-order chi connectivity index (χ0) is 17.3. The molecule has 134 valence electrons. The van der Waals surface area contributed by atoms with Crippen LogP contribution in [0.1, 0.15) is 48.9 Å². The zero-order valence-electron chi connectivity index (χ0n) is 14.4. The van der Waals surface area contributed by atoms with E-state index >= 15 is 0 Å². The summed E-state index contributed by atoms with van der Waals surface area (Å²) in [5.41, 5.74) is 2.68. The summed E-state index contributed by atoms with van der Waals surface area (Å²) in [7, 11) is 0. The van der Waals surface area contributed by atoms with Crippen molar-refractivity contribution in [1.82, 2.24) is 9.88 Å². The molecule has 1 aliphatic carbocycles.